The topological polar surface area (TPSA) is 113 Å². The van der Waals surface area contributed by atoms with Gasteiger partial charge in [0, 0.05) is 43.3 Å². The Morgan fingerprint density at radius 1 is 1.15 bits per heavy atom. The van der Waals surface area contributed by atoms with Crippen LogP contribution in [0.25, 0.3) is 10.8 Å². The fraction of sp³-hybridized carbons (Fsp3) is 0.409. The molecule has 1 aliphatic heterocycles. The van der Waals surface area contributed by atoms with Crippen LogP contribution in [0.2, 0.25) is 0 Å². The summed E-state index contributed by atoms with van der Waals surface area (Å²) in [5.41, 5.74) is -0.318. The van der Waals surface area contributed by atoms with Crippen molar-refractivity contribution < 1.29 is 22.7 Å². The summed E-state index contributed by atoms with van der Waals surface area (Å²) in [6.07, 6.45) is -0.247. The van der Waals surface area contributed by atoms with Gasteiger partial charge in [0.1, 0.15) is 0 Å². The summed E-state index contributed by atoms with van der Waals surface area (Å²) in [5, 5.41) is 10.3. The van der Waals surface area contributed by atoms with Crippen molar-refractivity contribution in [2.75, 3.05) is 31.1 Å². The number of amides is 1. The van der Waals surface area contributed by atoms with Crippen LogP contribution >= 0.6 is 0 Å². The largest absolute Gasteiger partial charge is 0.419 e. The van der Waals surface area contributed by atoms with Crippen molar-refractivity contribution in [1.29, 1.82) is 0 Å². The highest BCUT2D eigenvalue weighted by atomic mass is 19.4. The Balaban J connectivity index is 1.19. The summed E-state index contributed by atoms with van der Waals surface area (Å²) in [4.78, 5) is 33.7. The molecule has 0 spiro atoms. The number of nitrogens with zero attached hydrogens (tertiary/aromatic N) is 4. The van der Waals surface area contributed by atoms with Crippen LogP contribution in [0.1, 0.15) is 24.0 Å². The molecule has 0 bridgehead atoms. The van der Waals surface area contributed by atoms with E-state index in [1.165, 1.54) is 0 Å². The Kier molecular flexibility index (Phi) is 7.06. The lowest BCUT2D eigenvalue weighted by Crippen LogP contribution is -2.41. The number of hydrogen-bond donors (Lipinski definition) is 2. The van der Waals surface area contributed by atoms with Crippen molar-refractivity contribution in [3.05, 3.63) is 58.3 Å². The van der Waals surface area contributed by atoms with Crippen molar-refractivity contribution in [3.63, 3.8) is 0 Å². The molecule has 3 heterocycles. The smallest absolute Gasteiger partial charge is 0.375 e. The standard InChI is InChI=1S/C22H23F3N6O3/c23-22(24,25)16-10-27-21(28-11-16)31-7-4-14(5-8-31)19(32)26-6-9-34-13-15-2-1-3-17-18(15)12-29-30-20(17)33/h1-3,10-12,14H,4-9,13H2,(H,26,32)(H,30,33). The number of ether oxygens (including phenoxy) is 1. The second-order valence-corrected chi connectivity index (χ2v) is 7.95. The zero-order valence-corrected chi connectivity index (χ0v) is 18.1. The van der Waals surface area contributed by atoms with Crippen LogP contribution in [0.4, 0.5) is 19.1 Å². The molecule has 0 aliphatic carbocycles. The number of fused-ring (bicyclic) bond motifs is 1. The number of halogens is 3. The van der Waals surface area contributed by atoms with E-state index in [9.17, 15) is 22.8 Å². The number of nitrogens with one attached hydrogen (secondary N) is 2. The molecule has 9 nitrogen and oxygen atoms in total. The maximum atomic E-state index is 12.7. The maximum absolute atomic E-state index is 12.7. The summed E-state index contributed by atoms with van der Waals surface area (Å²) in [5.74, 6) is -0.0510. The molecule has 0 saturated carbocycles. The average Bonchev–Trinajstić information content (AvgIpc) is 2.84. The third-order valence-electron chi connectivity index (χ3n) is 5.72. The zero-order chi connectivity index (χ0) is 24.1. The molecular weight excluding hydrogens is 453 g/mol. The van der Waals surface area contributed by atoms with Gasteiger partial charge in [-0.25, -0.2) is 15.1 Å². The summed E-state index contributed by atoms with van der Waals surface area (Å²) in [6, 6.07) is 5.35. The van der Waals surface area contributed by atoms with Crippen LogP contribution < -0.4 is 15.8 Å². The molecule has 1 fully saturated rings. The molecule has 0 unspecified atom stereocenters. The molecule has 3 aromatic rings. The number of alkyl halides is 3. The SMILES string of the molecule is O=C(NCCOCc1cccc2c(=O)[nH]ncc12)C1CCN(c2ncc(C(F)(F)F)cn2)CC1. The molecular formula is C22H23F3N6O3. The van der Waals surface area contributed by atoms with Gasteiger partial charge in [-0.15, -0.1) is 0 Å². The van der Waals surface area contributed by atoms with Crippen molar-refractivity contribution in [3.8, 4) is 0 Å². The molecule has 0 atom stereocenters. The Hall–Kier alpha value is -3.54. The van der Waals surface area contributed by atoms with Crippen LogP contribution in [0, 0.1) is 5.92 Å². The molecule has 1 amide bonds. The third-order valence-corrected chi connectivity index (χ3v) is 5.72. The van der Waals surface area contributed by atoms with Gasteiger partial charge in [-0.05, 0) is 24.5 Å². The van der Waals surface area contributed by atoms with Gasteiger partial charge in [-0.3, -0.25) is 9.59 Å². The van der Waals surface area contributed by atoms with Gasteiger partial charge >= 0.3 is 6.18 Å². The van der Waals surface area contributed by atoms with Gasteiger partial charge in [0.25, 0.3) is 5.56 Å². The van der Waals surface area contributed by atoms with Gasteiger partial charge in [0.2, 0.25) is 11.9 Å². The molecule has 1 saturated heterocycles. The lowest BCUT2D eigenvalue weighted by molar-refractivity contribution is -0.138. The van der Waals surface area contributed by atoms with E-state index in [-0.39, 0.29) is 29.9 Å². The fourth-order valence-electron chi connectivity index (χ4n) is 3.85. The third kappa shape index (κ3) is 5.50. The van der Waals surface area contributed by atoms with Crippen molar-refractivity contribution in [1.82, 2.24) is 25.5 Å². The van der Waals surface area contributed by atoms with Gasteiger partial charge in [0.05, 0.1) is 30.4 Å². The van der Waals surface area contributed by atoms with Crippen LogP contribution in [0.3, 0.4) is 0 Å². The number of H-pyrrole nitrogens is 1. The quantitative estimate of drug-likeness (QED) is 0.503. The van der Waals surface area contributed by atoms with E-state index < -0.39 is 11.7 Å². The highest BCUT2D eigenvalue weighted by Crippen LogP contribution is 2.29. The molecule has 0 radical (unpaired) electrons. The van der Waals surface area contributed by atoms with Crippen molar-refractivity contribution in [2.45, 2.75) is 25.6 Å². The number of carbonyl (C=O) groups excluding carboxylic acids is 1. The Morgan fingerprint density at radius 3 is 2.59 bits per heavy atom. The number of carbonyl (C=O) groups is 1. The number of aromatic amines is 1. The number of rotatable bonds is 7. The Labute approximate surface area is 192 Å². The van der Waals surface area contributed by atoms with E-state index in [4.69, 9.17) is 4.74 Å². The molecule has 180 valence electrons. The predicted molar refractivity (Wildman–Crippen MR) is 117 cm³/mol. The maximum Gasteiger partial charge on any atom is 0.419 e. The van der Waals surface area contributed by atoms with E-state index in [1.54, 1.807) is 23.2 Å². The Bertz CT molecular complexity index is 1190. The van der Waals surface area contributed by atoms with Crippen LogP contribution in [0.5, 0.6) is 0 Å². The summed E-state index contributed by atoms with van der Waals surface area (Å²) in [6.45, 7) is 1.88. The summed E-state index contributed by atoms with van der Waals surface area (Å²) >= 11 is 0. The van der Waals surface area contributed by atoms with Crippen molar-refractivity contribution >= 4 is 22.6 Å². The second-order valence-electron chi connectivity index (χ2n) is 7.95. The summed E-state index contributed by atoms with van der Waals surface area (Å²) < 4.78 is 43.6. The Morgan fingerprint density at radius 2 is 1.88 bits per heavy atom. The van der Waals surface area contributed by atoms with Crippen molar-refractivity contribution in [2.24, 2.45) is 5.92 Å². The molecule has 1 aromatic carbocycles. The number of hydrogen-bond acceptors (Lipinski definition) is 7. The fourth-order valence-corrected chi connectivity index (χ4v) is 3.85. The second kappa shape index (κ2) is 10.2. The molecule has 34 heavy (non-hydrogen) atoms. The van der Waals surface area contributed by atoms with E-state index in [0.717, 1.165) is 23.3 Å². The highest BCUT2D eigenvalue weighted by Gasteiger charge is 2.32. The van der Waals surface area contributed by atoms with E-state index in [1.807, 2.05) is 6.07 Å². The minimum atomic E-state index is -4.47. The molecule has 2 N–H and O–H groups in total. The first-order valence-corrected chi connectivity index (χ1v) is 10.8. The molecule has 1 aliphatic rings. The number of piperidine rings is 1. The first-order chi connectivity index (χ1) is 16.3. The van der Waals surface area contributed by atoms with Crippen LogP contribution in [0.15, 0.2) is 41.6 Å². The van der Waals surface area contributed by atoms with E-state index in [2.05, 4.69) is 25.5 Å². The average molecular weight is 476 g/mol. The van der Waals surface area contributed by atoms with Gasteiger partial charge in [-0.2, -0.15) is 18.3 Å². The molecule has 4 rings (SSSR count). The molecule has 2 aromatic heterocycles. The van der Waals surface area contributed by atoms with Gasteiger partial charge in [-0.1, -0.05) is 12.1 Å². The van der Waals surface area contributed by atoms with Crippen LogP contribution in [-0.2, 0) is 22.3 Å². The lowest BCUT2D eigenvalue weighted by atomic mass is 9.96. The van der Waals surface area contributed by atoms with Gasteiger partial charge in [0.15, 0.2) is 0 Å². The van der Waals surface area contributed by atoms with E-state index >= 15 is 0 Å². The minimum absolute atomic E-state index is 0.0857. The summed E-state index contributed by atoms with van der Waals surface area (Å²) in [7, 11) is 0. The van der Waals surface area contributed by atoms with E-state index in [0.29, 0.717) is 44.5 Å². The monoisotopic (exact) mass is 476 g/mol. The number of aromatic nitrogens is 4. The van der Waals surface area contributed by atoms with Gasteiger partial charge < -0.3 is 15.0 Å². The highest BCUT2D eigenvalue weighted by molar-refractivity contribution is 5.83. The zero-order valence-electron chi connectivity index (χ0n) is 18.1. The lowest BCUT2D eigenvalue weighted by Gasteiger charge is -2.31. The predicted octanol–water partition coefficient (Wildman–Crippen LogP) is 2.28. The minimum Gasteiger partial charge on any atom is -0.375 e. The first kappa shape index (κ1) is 23.6. The molecule has 12 heteroatoms. The first-order valence-electron chi connectivity index (χ1n) is 10.8. The number of anilines is 1. The number of benzene rings is 1. The van der Waals surface area contributed by atoms with Crippen LogP contribution in [-0.4, -0.2) is 52.3 Å². The normalized spacial score (nSPS) is 15.0.